The first-order valence-electron chi connectivity index (χ1n) is 23.6. The molecule has 2 nitrogen and oxygen atoms in total. The van der Waals surface area contributed by atoms with Gasteiger partial charge in [0.25, 0.3) is 0 Å². The second kappa shape index (κ2) is 23.5. The van der Waals surface area contributed by atoms with Crippen LogP contribution in [0.3, 0.4) is 0 Å². The monoisotopic (exact) mass is 1230 g/mol. The molecule has 1 atom stereocenters. The summed E-state index contributed by atoms with van der Waals surface area (Å²) in [6.45, 7) is 2.44. The molecule has 0 fully saturated rings. The van der Waals surface area contributed by atoms with Gasteiger partial charge in [-0.2, -0.15) is 144 Å². The van der Waals surface area contributed by atoms with Crippen molar-refractivity contribution in [3.8, 4) is 0 Å². The molecule has 0 bridgehead atoms. The molecular formula is C55H36BF24NOS. The number of alkyl halides is 24. The van der Waals surface area contributed by atoms with Crippen LogP contribution in [0.1, 0.15) is 80.3 Å². The van der Waals surface area contributed by atoms with E-state index in [0.29, 0.717) is 11.8 Å². The minimum atomic E-state index is -6.13. The van der Waals surface area contributed by atoms with Crippen molar-refractivity contribution in [3.63, 3.8) is 0 Å². The zero-order valence-corrected chi connectivity index (χ0v) is 42.5. The molecule has 7 aromatic rings. The van der Waals surface area contributed by atoms with Crippen LogP contribution >= 0.6 is 12.6 Å². The lowest BCUT2D eigenvalue weighted by atomic mass is 9.12. The summed E-state index contributed by atoms with van der Waals surface area (Å²) in [5, 5.41) is 2.73. The lowest BCUT2D eigenvalue weighted by Gasteiger charge is -2.46. The second-order valence-corrected chi connectivity index (χ2v) is 19.6. The Kier molecular flexibility index (Phi) is 18.4. The minimum absolute atomic E-state index is 0.115. The van der Waals surface area contributed by atoms with Gasteiger partial charge >= 0.3 is 49.4 Å². The third-order valence-electron chi connectivity index (χ3n) is 12.9. The zero-order valence-electron chi connectivity index (χ0n) is 41.6. The lowest BCUT2D eigenvalue weighted by Crippen LogP contribution is -2.75. The number of pyridine rings is 1. The van der Waals surface area contributed by atoms with Crippen LogP contribution in [0.4, 0.5) is 105 Å². The van der Waals surface area contributed by atoms with Crippen molar-refractivity contribution < 1.29 is 115 Å². The largest absolute Gasteiger partial charge is 0.416 e. The van der Waals surface area contributed by atoms with E-state index in [0.717, 1.165) is 29.5 Å². The van der Waals surface area contributed by atoms with E-state index >= 15 is 0 Å². The number of thiol groups is 1. The van der Waals surface area contributed by atoms with Gasteiger partial charge in [0, 0.05) is 17.7 Å². The number of hydrogen-bond acceptors (Lipinski definition) is 2. The van der Waals surface area contributed by atoms with E-state index in [2.05, 4.69) is 49.9 Å². The van der Waals surface area contributed by atoms with Gasteiger partial charge in [-0.1, -0.05) is 110 Å². The predicted molar refractivity (Wildman–Crippen MR) is 262 cm³/mol. The quantitative estimate of drug-likeness (QED) is 0.0450. The number of aromatic nitrogens is 1. The number of carbonyl (C=O) groups is 1. The van der Waals surface area contributed by atoms with Crippen molar-refractivity contribution in [1.82, 2.24) is 0 Å². The highest BCUT2D eigenvalue weighted by Crippen LogP contribution is 2.41. The van der Waals surface area contributed by atoms with E-state index < -0.39 is 195 Å². The van der Waals surface area contributed by atoms with E-state index in [-0.39, 0.29) is 5.78 Å². The number of nitrogens with zero attached hydrogens (tertiary/aromatic N) is 1. The maximum atomic E-state index is 14.2. The van der Waals surface area contributed by atoms with Gasteiger partial charge in [-0.05, 0) is 53.8 Å². The van der Waals surface area contributed by atoms with Gasteiger partial charge in [0.1, 0.15) is 6.15 Å². The van der Waals surface area contributed by atoms with Crippen molar-refractivity contribution >= 4 is 63.3 Å². The van der Waals surface area contributed by atoms with Crippen molar-refractivity contribution in [2.24, 2.45) is 0 Å². The van der Waals surface area contributed by atoms with Gasteiger partial charge in [0.2, 0.25) is 18.0 Å². The molecule has 1 heterocycles. The summed E-state index contributed by atoms with van der Waals surface area (Å²) in [6.07, 6.45) is -46.5. The summed E-state index contributed by atoms with van der Waals surface area (Å²) >= 11 is 4.44. The summed E-state index contributed by atoms with van der Waals surface area (Å²) in [5.41, 5.74) is -28.4. The molecule has 0 amide bonds. The van der Waals surface area contributed by atoms with Crippen molar-refractivity contribution in [1.29, 1.82) is 0 Å². The van der Waals surface area contributed by atoms with Crippen molar-refractivity contribution in [3.05, 3.63) is 201 Å². The Morgan fingerprint density at radius 2 is 0.747 bits per heavy atom. The maximum absolute atomic E-state index is 14.2. The highest BCUT2D eigenvalue weighted by molar-refractivity contribution is 7.80. The Hall–Kier alpha value is -7.13. The number of fused-ring (bicyclic) bond motifs is 1. The van der Waals surface area contributed by atoms with Crippen LogP contribution in [0.25, 0.3) is 16.8 Å². The summed E-state index contributed by atoms with van der Waals surface area (Å²) in [7, 11) is 0. The first-order valence-corrected chi connectivity index (χ1v) is 24.1. The van der Waals surface area contributed by atoms with Crippen LogP contribution in [0.15, 0.2) is 146 Å². The van der Waals surface area contributed by atoms with Crippen LogP contribution < -0.4 is 26.4 Å². The SMILES string of the molecule is CC(S)CCC=Cc1c2ccccc2cc[n+]1CC(=O)c1ccccc1.FC(F)(F)c1cc([B-](c2cc(C(F)(F)F)cc(C(F)(F)F)c2)(c2cc(C(F)(F)F)cc(C(F)(F)F)c2)c2cc(C(F)(F)F)cc(C(F)(F)F)c2)cc(C(F)(F)F)c1. The fourth-order valence-electron chi connectivity index (χ4n) is 9.08. The minimum Gasteiger partial charge on any atom is -0.287 e. The average molecular weight is 1230 g/mol. The Morgan fingerprint density at radius 3 is 1.05 bits per heavy atom. The van der Waals surface area contributed by atoms with Gasteiger partial charge in [0.15, 0.2) is 6.20 Å². The van der Waals surface area contributed by atoms with Gasteiger partial charge in [-0.25, -0.2) is 0 Å². The molecule has 0 spiro atoms. The molecule has 0 radical (unpaired) electrons. The number of rotatable bonds is 11. The van der Waals surface area contributed by atoms with Gasteiger partial charge in [-0.3, -0.25) is 4.79 Å². The molecule has 1 aromatic heterocycles. The topological polar surface area (TPSA) is 20.9 Å². The Morgan fingerprint density at radius 1 is 0.446 bits per heavy atom. The summed E-state index contributed by atoms with van der Waals surface area (Å²) in [6, 6.07) is 11.0. The van der Waals surface area contributed by atoms with Crippen molar-refractivity contribution in [2.45, 2.75) is 81.0 Å². The standard InChI is InChI=1S/C32H12BF24.C23H23NOS/c34-25(35,36)13-1-14(26(37,38)39)6-21(5-13)33(22-7-15(27(40,41)42)2-16(8-22)28(43,44)45,23-9-17(29(46,47)48)3-18(10-23)30(49,50)51)24-11-19(31(52,53)54)4-20(12-24)32(55,56)57;1-18(26)9-5-8-14-22-21-13-7-6-10-19(21)15-16-24(22)17-23(25)20-11-3-2-4-12-20/h1-12H;2-4,6-8,10-16,18H,5,9,17H2,1H3/q-1;/p+1. The number of hydrogen-bond donors (Lipinski definition) is 1. The van der Waals surface area contributed by atoms with Crippen LogP contribution in [0.5, 0.6) is 0 Å². The highest BCUT2D eigenvalue weighted by atomic mass is 32.1. The van der Waals surface area contributed by atoms with E-state index in [9.17, 15) is 110 Å². The fraction of sp³-hybridized carbons (Fsp3) is 0.236. The number of allylic oxidation sites excluding steroid dienone is 1. The van der Waals surface area contributed by atoms with E-state index in [1.54, 1.807) is 0 Å². The zero-order chi connectivity index (χ0) is 62.3. The second-order valence-electron chi connectivity index (χ2n) is 18.8. The van der Waals surface area contributed by atoms with Crippen LogP contribution in [-0.2, 0) is 56.0 Å². The number of benzene rings is 6. The van der Waals surface area contributed by atoms with Gasteiger partial charge < -0.3 is 0 Å². The number of carbonyl (C=O) groups excluding carboxylic acids is 1. The molecular weight excluding hydrogens is 1190 g/mol. The Bertz CT molecular complexity index is 3060. The smallest absolute Gasteiger partial charge is 0.287 e. The van der Waals surface area contributed by atoms with Crippen LogP contribution in [-0.4, -0.2) is 17.2 Å². The number of halogens is 24. The summed E-state index contributed by atoms with van der Waals surface area (Å²) in [4.78, 5) is 12.7. The number of Topliss-reactive ketones (excluding diaryl/α,β-unsaturated/α-hetero) is 1. The predicted octanol–water partition coefficient (Wildman–Crippen LogP) is 16.3. The molecule has 0 N–H and O–H groups in total. The molecule has 83 heavy (non-hydrogen) atoms. The van der Waals surface area contributed by atoms with Crippen LogP contribution in [0, 0.1) is 0 Å². The normalized spacial score (nSPS) is 13.8. The summed E-state index contributed by atoms with van der Waals surface area (Å²) < 4.78 is 343. The van der Waals surface area contributed by atoms with E-state index in [1.165, 1.54) is 5.39 Å². The third kappa shape index (κ3) is 15.6. The molecule has 0 saturated carbocycles. The van der Waals surface area contributed by atoms with E-state index in [1.807, 2.05) is 53.2 Å². The first kappa shape index (κ1) is 65.0. The molecule has 0 aliphatic rings. The number of ketones is 1. The van der Waals surface area contributed by atoms with Crippen LogP contribution in [0.2, 0.25) is 0 Å². The van der Waals surface area contributed by atoms with Crippen molar-refractivity contribution in [2.75, 3.05) is 0 Å². The van der Waals surface area contributed by atoms with Gasteiger partial charge in [-0.15, -0.1) is 0 Å². The van der Waals surface area contributed by atoms with Gasteiger partial charge in [0.05, 0.1) is 49.9 Å². The van der Waals surface area contributed by atoms with E-state index in [4.69, 9.17) is 0 Å². The molecule has 7 rings (SSSR count). The molecule has 0 saturated heterocycles. The molecule has 6 aromatic carbocycles. The molecule has 28 heteroatoms. The molecule has 444 valence electrons. The third-order valence-corrected chi connectivity index (χ3v) is 13.1. The lowest BCUT2D eigenvalue weighted by molar-refractivity contribution is -0.683. The summed E-state index contributed by atoms with van der Waals surface area (Å²) in [5.74, 6) is 0.115. The fourth-order valence-corrected chi connectivity index (χ4v) is 9.23. The molecule has 0 aliphatic heterocycles. The Labute approximate surface area is 459 Å². The maximum Gasteiger partial charge on any atom is 0.416 e. The average Bonchev–Trinajstić information content (AvgIpc) is 1.20. The highest BCUT2D eigenvalue weighted by Gasteiger charge is 2.47. The first-order chi connectivity index (χ1) is 37.9. The molecule has 0 aliphatic carbocycles. The Balaban J connectivity index is 0.000000352. The molecule has 1 unspecified atom stereocenters.